The Bertz CT molecular complexity index is 417. The normalized spacial score (nSPS) is 14.9. The third-order valence-corrected chi connectivity index (χ3v) is 3.42. The standard InChI is InChI=1S/C12H14ClFO2/c1-7(2)12(3,11(15)16)8-4-5-9(13)10(14)6-8/h4-7H,1-3H3,(H,15,16). The Balaban J connectivity index is 3.33. The van der Waals surface area contributed by atoms with Crippen molar-refractivity contribution in [2.45, 2.75) is 26.2 Å². The van der Waals surface area contributed by atoms with Gasteiger partial charge in [0.05, 0.1) is 10.4 Å². The van der Waals surface area contributed by atoms with Gasteiger partial charge in [-0.1, -0.05) is 31.5 Å². The van der Waals surface area contributed by atoms with Crippen LogP contribution in [-0.4, -0.2) is 11.1 Å². The minimum Gasteiger partial charge on any atom is -0.481 e. The fraction of sp³-hybridized carbons (Fsp3) is 0.417. The van der Waals surface area contributed by atoms with E-state index in [-0.39, 0.29) is 10.9 Å². The van der Waals surface area contributed by atoms with Gasteiger partial charge in [0.25, 0.3) is 0 Å². The van der Waals surface area contributed by atoms with Crippen LogP contribution in [0.2, 0.25) is 5.02 Å². The van der Waals surface area contributed by atoms with Gasteiger partial charge in [-0.2, -0.15) is 0 Å². The Morgan fingerprint density at radius 2 is 2.06 bits per heavy atom. The number of halogens is 2. The number of carboxylic acid groups (broad SMARTS) is 1. The smallest absolute Gasteiger partial charge is 0.314 e. The zero-order valence-electron chi connectivity index (χ0n) is 9.42. The largest absolute Gasteiger partial charge is 0.481 e. The molecule has 1 rings (SSSR count). The van der Waals surface area contributed by atoms with E-state index >= 15 is 0 Å². The highest BCUT2D eigenvalue weighted by Crippen LogP contribution is 2.33. The summed E-state index contributed by atoms with van der Waals surface area (Å²) in [4.78, 5) is 11.3. The van der Waals surface area contributed by atoms with E-state index in [1.807, 2.05) is 0 Å². The van der Waals surface area contributed by atoms with Crippen LogP contribution in [0, 0.1) is 11.7 Å². The molecule has 0 fully saturated rings. The van der Waals surface area contributed by atoms with Crippen molar-refractivity contribution < 1.29 is 14.3 Å². The zero-order valence-corrected chi connectivity index (χ0v) is 10.2. The third-order valence-electron chi connectivity index (χ3n) is 3.12. The van der Waals surface area contributed by atoms with Gasteiger partial charge >= 0.3 is 5.97 Å². The quantitative estimate of drug-likeness (QED) is 0.884. The van der Waals surface area contributed by atoms with Crippen LogP contribution in [0.4, 0.5) is 4.39 Å². The summed E-state index contributed by atoms with van der Waals surface area (Å²) < 4.78 is 13.3. The molecule has 0 saturated carbocycles. The van der Waals surface area contributed by atoms with Gasteiger partial charge in [-0.3, -0.25) is 4.79 Å². The maximum atomic E-state index is 13.3. The van der Waals surface area contributed by atoms with Crippen molar-refractivity contribution in [2.24, 2.45) is 5.92 Å². The van der Waals surface area contributed by atoms with E-state index in [1.54, 1.807) is 26.8 Å². The molecule has 0 aromatic heterocycles. The predicted molar refractivity (Wildman–Crippen MR) is 61.2 cm³/mol. The molecule has 0 heterocycles. The van der Waals surface area contributed by atoms with Crippen LogP contribution < -0.4 is 0 Å². The molecule has 0 spiro atoms. The lowest BCUT2D eigenvalue weighted by atomic mass is 9.73. The monoisotopic (exact) mass is 244 g/mol. The average molecular weight is 245 g/mol. The molecule has 1 N–H and O–H groups in total. The highest BCUT2D eigenvalue weighted by Gasteiger charge is 2.38. The number of benzene rings is 1. The van der Waals surface area contributed by atoms with Gasteiger partial charge in [-0.25, -0.2) is 4.39 Å². The molecule has 1 unspecified atom stereocenters. The molecule has 0 aliphatic heterocycles. The minimum absolute atomic E-state index is 0.000227. The minimum atomic E-state index is -1.11. The Kier molecular flexibility index (Phi) is 3.58. The average Bonchev–Trinajstić information content (AvgIpc) is 2.20. The van der Waals surface area contributed by atoms with Crippen LogP contribution in [0.25, 0.3) is 0 Å². The second-order valence-corrected chi connectivity index (χ2v) is 4.70. The summed E-state index contributed by atoms with van der Waals surface area (Å²) in [5.74, 6) is -1.71. The second kappa shape index (κ2) is 4.42. The number of hydrogen-bond acceptors (Lipinski definition) is 1. The van der Waals surface area contributed by atoms with E-state index in [0.717, 1.165) is 0 Å². The Hall–Kier alpha value is -1.09. The van der Waals surface area contributed by atoms with Gasteiger partial charge in [-0.15, -0.1) is 0 Å². The number of aliphatic carboxylic acids is 1. The first kappa shape index (κ1) is 13.0. The molecule has 1 aromatic rings. The summed E-state index contributed by atoms with van der Waals surface area (Å²) in [5, 5.41) is 9.26. The molecular formula is C12H14ClFO2. The van der Waals surface area contributed by atoms with Crippen LogP contribution >= 0.6 is 11.6 Å². The molecule has 16 heavy (non-hydrogen) atoms. The fourth-order valence-electron chi connectivity index (χ4n) is 1.52. The van der Waals surface area contributed by atoms with Crippen LogP contribution in [0.3, 0.4) is 0 Å². The topological polar surface area (TPSA) is 37.3 Å². The van der Waals surface area contributed by atoms with Gasteiger partial charge in [0.15, 0.2) is 0 Å². The van der Waals surface area contributed by atoms with Gasteiger partial charge in [0.1, 0.15) is 5.82 Å². The van der Waals surface area contributed by atoms with Crippen molar-refractivity contribution in [1.29, 1.82) is 0 Å². The molecule has 2 nitrogen and oxygen atoms in total. The van der Waals surface area contributed by atoms with Crippen molar-refractivity contribution in [1.82, 2.24) is 0 Å². The highest BCUT2D eigenvalue weighted by molar-refractivity contribution is 6.30. The Labute approximate surface area is 99.0 Å². The van der Waals surface area contributed by atoms with E-state index in [9.17, 15) is 14.3 Å². The van der Waals surface area contributed by atoms with E-state index in [4.69, 9.17) is 11.6 Å². The van der Waals surface area contributed by atoms with Crippen molar-refractivity contribution in [3.63, 3.8) is 0 Å². The van der Waals surface area contributed by atoms with Gasteiger partial charge in [-0.05, 0) is 30.5 Å². The SMILES string of the molecule is CC(C)C(C)(C(=O)O)c1ccc(Cl)c(F)c1. The molecule has 0 bridgehead atoms. The summed E-state index contributed by atoms with van der Waals surface area (Å²) in [7, 11) is 0. The van der Waals surface area contributed by atoms with Crippen molar-refractivity contribution in [3.8, 4) is 0 Å². The fourth-order valence-corrected chi connectivity index (χ4v) is 1.64. The zero-order chi connectivity index (χ0) is 12.5. The van der Waals surface area contributed by atoms with Crippen molar-refractivity contribution in [3.05, 3.63) is 34.6 Å². The Morgan fingerprint density at radius 1 is 1.50 bits per heavy atom. The van der Waals surface area contributed by atoms with Gasteiger partial charge in [0, 0.05) is 0 Å². The number of hydrogen-bond donors (Lipinski definition) is 1. The number of carboxylic acids is 1. The summed E-state index contributed by atoms with van der Waals surface area (Å²) in [6, 6.07) is 4.13. The van der Waals surface area contributed by atoms with Gasteiger partial charge in [0.2, 0.25) is 0 Å². The van der Waals surface area contributed by atoms with Crippen LogP contribution in [0.15, 0.2) is 18.2 Å². The molecule has 0 saturated heterocycles. The van der Waals surface area contributed by atoms with E-state index in [0.29, 0.717) is 5.56 Å². The van der Waals surface area contributed by atoms with Crippen molar-refractivity contribution in [2.75, 3.05) is 0 Å². The van der Waals surface area contributed by atoms with Crippen LogP contribution in [0.5, 0.6) is 0 Å². The number of carbonyl (C=O) groups is 1. The lowest BCUT2D eigenvalue weighted by Gasteiger charge is -2.29. The molecule has 88 valence electrons. The van der Waals surface area contributed by atoms with Crippen molar-refractivity contribution >= 4 is 17.6 Å². The highest BCUT2D eigenvalue weighted by atomic mass is 35.5. The van der Waals surface area contributed by atoms with E-state index in [1.165, 1.54) is 12.1 Å². The maximum absolute atomic E-state index is 13.3. The second-order valence-electron chi connectivity index (χ2n) is 4.29. The molecule has 0 amide bonds. The van der Waals surface area contributed by atoms with Crippen LogP contribution in [0.1, 0.15) is 26.3 Å². The summed E-state index contributed by atoms with van der Waals surface area (Å²) in [5.41, 5.74) is -0.678. The molecule has 4 heteroatoms. The van der Waals surface area contributed by atoms with Crippen LogP contribution in [-0.2, 0) is 10.2 Å². The molecule has 0 radical (unpaired) electrons. The summed E-state index contributed by atoms with van der Waals surface area (Å²) >= 11 is 5.57. The van der Waals surface area contributed by atoms with E-state index < -0.39 is 17.2 Å². The molecule has 1 aromatic carbocycles. The molecule has 0 aliphatic carbocycles. The third kappa shape index (κ3) is 2.05. The molecule has 1 atom stereocenters. The first-order valence-corrected chi connectivity index (χ1v) is 5.37. The first-order valence-electron chi connectivity index (χ1n) is 4.99. The van der Waals surface area contributed by atoms with Gasteiger partial charge < -0.3 is 5.11 Å². The predicted octanol–water partition coefficient (Wildman–Crippen LogP) is 3.48. The number of rotatable bonds is 3. The lowest BCUT2D eigenvalue weighted by Crippen LogP contribution is -2.37. The summed E-state index contributed by atoms with van der Waals surface area (Å²) in [6.45, 7) is 5.17. The Morgan fingerprint density at radius 3 is 2.44 bits per heavy atom. The van der Waals surface area contributed by atoms with E-state index in [2.05, 4.69) is 0 Å². The molecule has 0 aliphatic rings. The molecular weight excluding hydrogens is 231 g/mol. The lowest BCUT2D eigenvalue weighted by molar-refractivity contribution is -0.145. The first-order chi connectivity index (χ1) is 7.30. The maximum Gasteiger partial charge on any atom is 0.314 e. The summed E-state index contributed by atoms with van der Waals surface area (Å²) in [6.07, 6.45) is 0.